The Hall–Kier alpha value is -0.180. The number of rotatable bonds is 1. The first kappa shape index (κ1) is 5.95. The van der Waals surface area contributed by atoms with Crippen LogP contribution < -0.4 is 0 Å². The van der Waals surface area contributed by atoms with E-state index in [0.717, 1.165) is 5.33 Å². The van der Waals surface area contributed by atoms with E-state index in [1.807, 2.05) is 0 Å². The molecule has 0 saturated carbocycles. The standard InChI is InChI=1S/C5H7BrO2/c6-3-5-4-7-1-2-8-5/h1-2,5H,3-4H2. The van der Waals surface area contributed by atoms with Crippen molar-refractivity contribution in [2.24, 2.45) is 0 Å². The molecule has 1 heterocycles. The van der Waals surface area contributed by atoms with Crippen LogP contribution in [0.4, 0.5) is 0 Å². The van der Waals surface area contributed by atoms with Crippen molar-refractivity contribution in [3.63, 3.8) is 0 Å². The molecule has 46 valence electrons. The molecule has 1 unspecified atom stereocenters. The van der Waals surface area contributed by atoms with Crippen LogP contribution in [0.1, 0.15) is 0 Å². The SMILES string of the molecule is BrCC1COC=CO1. The van der Waals surface area contributed by atoms with Gasteiger partial charge in [0.05, 0.1) is 0 Å². The topological polar surface area (TPSA) is 18.5 Å². The van der Waals surface area contributed by atoms with Crippen LogP contribution in [0, 0.1) is 0 Å². The van der Waals surface area contributed by atoms with Crippen molar-refractivity contribution in [2.45, 2.75) is 6.10 Å². The van der Waals surface area contributed by atoms with Gasteiger partial charge in [0.1, 0.15) is 25.2 Å². The van der Waals surface area contributed by atoms with E-state index < -0.39 is 0 Å². The molecule has 0 saturated heterocycles. The maximum Gasteiger partial charge on any atom is 0.141 e. The van der Waals surface area contributed by atoms with Crippen molar-refractivity contribution in [1.82, 2.24) is 0 Å². The van der Waals surface area contributed by atoms with Crippen molar-refractivity contribution in [1.29, 1.82) is 0 Å². The highest BCUT2D eigenvalue weighted by atomic mass is 79.9. The number of alkyl halides is 1. The predicted octanol–water partition coefficient (Wildman–Crippen LogP) is 1.27. The summed E-state index contributed by atoms with van der Waals surface area (Å²) in [6, 6.07) is 0. The van der Waals surface area contributed by atoms with Gasteiger partial charge in [-0.25, -0.2) is 0 Å². The summed E-state index contributed by atoms with van der Waals surface area (Å²) in [4.78, 5) is 0. The first-order valence-electron chi connectivity index (χ1n) is 2.41. The summed E-state index contributed by atoms with van der Waals surface area (Å²) in [5.74, 6) is 0. The van der Waals surface area contributed by atoms with Gasteiger partial charge in [0, 0.05) is 5.33 Å². The van der Waals surface area contributed by atoms with Crippen LogP contribution in [-0.4, -0.2) is 18.0 Å². The maximum atomic E-state index is 5.07. The molecule has 0 aromatic rings. The summed E-state index contributed by atoms with van der Waals surface area (Å²) in [6.07, 6.45) is 3.31. The highest BCUT2D eigenvalue weighted by molar-refractivity contribution is 9.09. The van der Waals surface area contributed by atoms with Crippen LogP contribution in [-0.2, 0) is 9.47 Å². The third-order valence-electron chi connectivity index (χ3n) is 0.877. The van der Waals surface area contributed by atoms with E-state index >= 15 is 0 Å². The highest BCUT2D eigenvalue weighted by Crippen LogP contribution is 2.03. The molecule has 0 aromatic heterocycles. The summed E-state index contributed by atoms with van der Waals surface area (Å²) >= 11 is 3.27. The Labute approximate surface area is 56.6 Å². The van der Waals surface area contributed by atoms with Crippen LogP contribution in [0.25, 0.3) is 0 Å². The van der Waals surface area contributed by atoms with E-state index in [1.54, 1.807) is 12.5 Å². The summed E-state index contributed by atoms with van der Waals surface area (Å²) in [6.45, 7) is 0.655. The van der Waals surface area contributed by atoms with Gasteiger partial charge in [0.2, 0.25) is 0 Å². The third kappa shape index (κ3) is 1.40. The van der Waals surface area contributed by atoms with Gasteiger partial charge in [-0.15, -0.1) is 0 Å². The minimum atomic E-state index is 0.194. The average Bonchev–Trinajstić information content (AvgIpc) is 1.90. The quantitative estimate of drug-likeness (QED) is 0.564. The van der Waals surface area contributed by atoms with E-state index in [1.165, 1.54) is 0 Å². The molecule has 0 aliphatic carbocycles. The lowest BCUT2D eigenvalue weighted by molar-refractivity contribution is 0.0487. The van der Waals surface area contributed by atoms with Crippen molar-refractivity contribution in [2.75, 3.05) is 11.9 Å². The largest absolute Gasteiger partial charge is 0.494 e. The van der Waals surface area contributed by atoms with Crippen molar-refractivity contribution in [3.05, 3.63) is 12.5 Å². The van der Waals surface area contributed by atoms with E-state index in [4.69, 9.17) is 9.47 Å². The van der Waals surface area contributed by atoms with E-state index in [-0.39, 0.29) is 6.10 Å². The lowest BCUT2D eigenvalue weighted by Crippen LogP contribution is -2.20. The van der Waals surface area contributed by atoms with Gasteiger partial charge in [0.15, 0.2) is 0 Å². The molecular weight excluding hydrogens is 172 g/mol. The number of hydrogen-bond acceptors (Lipinski definition) is 2. The number of hydrogen-bond donors (Lipinski definition) is 0. The molecular formula is C5H7BrO2. The van der Waals surface area contributed by atoms with Crippen molar-refractivity contribution >= 4 is 15.9 Å². The lowest BCUT2D eigenvalue weighted by Gasteiger charge is -2.16. The van der Waals surface area contributed by atoms with Gasteiger partial charge in [-0.3, -0.25) is 0 Å². The van der Waals surface area contributed by atoms with Gasteiger partial charge in [-0.05, 0) is 0 Å². The van der Waals surface area contributed by atoms with Crippen LogP contribution in [0.5, 0.6) is 0 Å². The monoisotopic (exact) mass is 178 g/mol. The van der Waals surface area contributed by atoms with Crippen LogP contribution in [0.3, 0.4) is 0 Å². The van der Waals surface area contributed by atoms with Crippen LogP contribution in [0.15, 0.2) is 12.5 Å². The molecule has 1 atom stereocenters. The Morgan fingerprint density at radius 3 is 2.88 bits per heavy atom. The summed E-state index contributed by atoms with van der Waals surface area (Å²) in [7, 11) is 0. The first-order chi connectivity index (χ1) is 3.93. The summed E-state index contributed by atoms with van der Waals surface area (Å²) < 4.78 is 10.0. The molecule has 0 amide bonds. The first-order valence-corrected chi connectivity index (χ1v) is 3.53. The molecule has 1 aliphatic heterocycles. The fourth-order valence-corrected chi connectivity index (χ4v) is 0.805. The van der Waals surface area contributed by atoms with Crippen molar-refractivity contribution < 1.29 is 9.47 Å². The predicted molar refractivity (Wildman–Crippen MR) is 33.8 cm³/mol. The second kappa shape index (κ2) is 2.97. The zero-order valence-corrected chi connectivity index (χ0v) is 5.93. The third-order valence-corrected chi connectivity index (χ3v) is 1.60. The number of halogens is 1. The molecule has 1 rings (SSSR count). The van der Waals surface area contributed by atoms with Crippen LogP contribution >= 0.6 is 15.9 Å². The van der Waals surface area contributed by atoms with Gasteiger partial charge in [-0.2, -0.15) is 0 Å². The Morgan fingerprint density at radius 2 is 2.50 bits per heavy atom. The maximum absolute atomic E-state index is 5.07. The van der Waals surface area contributed by atoms with Gasteiger partial charge >= 0.3 is 0 Å². The number of ether oxygens (including phenoxy) is 2. The highest BCUT2D eigenvalue weighted by Gasteiger charge is 2.07. The molecule has 0 radical (unpaired) electrons. The minimum absolute atomic E-state index is 0.194. The molecule has 0 fully saturated rings. The Kier molecular flexibility index (Phi) is 2.21. The van der Waals surface area contributed by atoms with Gasteiger partial charge in [-0.1, -0.05) is 15.9 Å². The van der Waals surface area contributed by atoms with E-state index in [2.05, 4.69) is 15.9 Å². The zero-order valence-electron chi connectivity index (χ0n) is 4.34. The van der Waals surface area contributed by atoms with Crippen LogP contribution in [0.2, 0.25) is 0 Å². The normalized spacial score (nSPS) is 26.4. The Balaban J connectivity index is 2.27. The molecule has 8 heavy (non-hydrogen) atoms. The second-order valence-electron chi connectivity index (χ2n) is 1.52. The molecule has 0 spiro atoms. The fraction of sp³-hybridized carbons (Fsp3) is 0.600. The Morgan fingerprint density at radius 1 is 1.62 bits per heavy atom. The minimum Gasteiger partial charge on any atom is -0.494 e. The summed E-state index contributed by atoms with van der Waals surface area (Å²) in [5.41, 5.74) is 0. The van der Waals surface area contributed by atoms with Crippen molar-refractivity contribution in [3.8, 4) is 0 Å². The lowest BCUT2D eigenvalue weighted by atomic mass is 10.4. The second-order valence-corrected chi connectivity index (χ2v) is 2.17. The summed E-state index contributed by atoms with van der Waals surface area (Å²) in [5, 5.41) is 0.831. The van der Waals surface area contributed by atoms with Gasteiger partial charge in [0.25, 0.3) is 0 Å². The average molecular weight is 179 g/mol. The smallest absolute Gasteiger partial charge is 0.141 e. The molecule has 2 nitrogen and oxygen atoms in total. The van der Waals surface area contributed by atoms with E-state index in [0.29, 0.717) is 6.61 Å². The van der Waals surface area contributed by atoms with Gasteiger partial charge < -0.3 is 9.47 Å². The van der Waals surface area contributed by atoms with E-state index in [9.17, 15) is 0 Å². The fourth-order valence-electron chi connectivity index (χ4n) is 0.466. The molecule has 1 aliphatic rings. The zero-order chi connectivity index (χ0) is 5.82. The Bertz CT molecular complexity index is 92.4. The molecule has 0 bridgehead atoms. The molecule has 0 N–H and O–H groups in total. The molecule has 0 aromatic carbocycles. The molecule has 3 heteroatoms.